The van der Waals surface area contributed by atoms with Crippen molar-refractivity contribution >= 4 is 11.9 Å². The van der Waals surface area contributed by atoms with Gasteiger partial charge in [0.1, 0.15) is 5.75 Å². The van der Waals surface area contributed by atoms with Crippen LogP contribution in [-0.4, -0.2) is 24.6 Å². The quantitative estimate of drug-likeness (QED) is 0.841. The highest BCUT2D eigenvalue weighted by molar-refractivity contribution is 5.92. The molecule has 0 aromatic heterocycles. The topological polar surface area (TPSA) is 73.9 Å². The van der Waals surface area contributed by atoms with Crippen LogP contribution in [0.1, 0.15) is 46.4 Å². The molecule has 6 nitrogen and oxygen atoms in total. The molecular weight excluding hydrogens is 346 g/mol. The minimum Gasteiger partial charge on any atom is -0.493 e. The zero-order chi connectivity index (χ0) is 18.8. The van der Waals surface area contributed by atoms with Crippen molar-refractivity contribution in [3.63, 3.8) is 0 Å². The molecular formula is C21H21NO5. The number of hydrogen-bond acceptors (Lipinski definition) is 5. The minimum atomic E-state index is -0.892. The van der Waals surface area contributed by atoms with E-state index in [9.17, 15) is 9.59 Å². The molecule has 0 aliphatic carbocycles. The fourth-order valence-corrected chi connectivity index (χ4v) is 3.36. The second-order valence-corrected chi connectivity index (χ2v) is 6.76. The molecule has 2 aromatic rings. The molecule has 0 spiro atoms. The van der Waals surface area contributed by atoms with Crippen molar-refractivity contribution < 1.29 is 23.8 Å². The summed E-state index contributed by atoms with van der Waals surface area (Å²) in [6.45, 7) is 3.17. The normalized spacial score (nSPS) is 18.6. The van der Waals surface area contributed by atoms with Crippen LogP contribution in [0, 0.1) is 0 Å². The highest BCUT2D eigenvalue weighted by atomic mass is 16.5. The zero-order valence-corrected chi connectivity index (χ0v) is 15.1. The van der Waals surface area contributed by atoms with Gasteiger partial charge in [-0.2, -0.15) is 0 Å². The molecule has 0 saturated carbocycles. The van der Waals surface area contributed by atoms with Gasteiger partial charge in [-0.3, -0.25) is 4.79 Å². The number of rotatable bonds is 4. The van der Waals surface area contributed by atoms with Gasteiger partial charge in [0.2, 0.25) is 0 Å². The van der Waals surface area contributed by atoms with Gasteiger partial charge in [-0.25, -0.2) is 4.79 Å². The van der Waals surface area contributed by atoms with E-state index in [2.05, 4.69) is 5.32 Å². The maximum absolute atomic E-state index is 12.5. The summed E-state index contributed by atoms with van der Waals surface area (Å²) in [6, 6.07) is 12.8. The number of amides is 1. The Kier molecular flexibility index (Phi) is 4.81. The van der Waals surface area contributed by atoms with Crippen LogP contribution in [0.2, 0.25) is 0 Å². The monoisotopic (exact) mass is 367 g/mol. The van der Waals surface area contributed by atoms with Gasteiger partial charge in [-0.15, -0.1) is 0 Å². The summed E-state index contributed by atoms with van der Waals surface area (Å²) in [5.41, 5.74) is 3.43. The minimum absolute atomic E-state index is 0.152. The molecule has 6 heteroatoms. The van der Waals surface area contributed by atoms with Gasteiger partial charge < -0.3 is 19.5 Å². The van der Waals surface area contributed by atoms with Crippen molar-refractivity contribution in [2.24, 2.45) is 0 Å². The number of benzene rings is 2. The van der Waals surface area contributed by atoms with Crippen LogP contribution in [0.5, 0.6) is 5.75 Å². The summed E-state index contributed by atoms with van der Waals surface area (Å²) < 4.78 is 16.3. The number of carbonyl (C=O) groups is 2. The third kappa shape index (κ3) is 3.66. The number of hydrogen-bond donors (Lipinski definition) is 1. The summed E-state index contributed by atoms with van der Waals surface area (Å²) in [5.74, 6) is -0.0617. The van der Waals surface area contributed by atoms with Crippen LogP contribution in [0.3, 0.4) is 0 Å². The molecule has 2 atom stereocenters. The Morgan fingerprint density at radius 2 is 1.96 bits per heavy atom. The molecule has 0 saturated heterocycles. The van der Waals surface area contributed by atoms with Crippen LogP contribution < -0.4 is 10.1 Å². The number of ether oxygens (including phenoxy) is 3. The lowest BCUT2D eigenvalue weighted by Crippen LogP contribution is -2.39. The Balaban J connectivity index is 1.39. The summed E-state index contributed by atoms with van der Waals surface area (Å²) >= 11 is 0. The Morgan fingerprint density at radius 1 is 1.15 bits per heavy atom. The lowest BCUT2D eigenvalue weighted by atomic mass is 10.0. The molecule has 0 bridgehead atoms. The first kappa shape index (κ1) is 17.5. The van der Waals surface area contributed by atoms with Gasteiger partial charge >= 0.3 is 5.97 Å². The SMILES string of the molecule is C[C@@H](OC(=O)c1ccc2c(c1)COC2)C(=O)N[C@H]1CCOc2ccccc21. The van der Waals surface area contributed by atoms with E-state index < -0.39 is 12.1 Å². The highest BCUT2D eigenvalue weighted by Gasteiger charge is 2.26. The van der Waals surface area contributed by atoms with Crippen molar-refractivity contribution in [2.75, 3.05) is 6.61 Å². The van der Waals surface area contributed by atoms with Gasteiger partial charge in [0.15, 0.2) is 6.10 Å². The third-order valence-corrected chi connectivity index (χ3v) is 4.89. The van der Waals surface area contributed by atoms with E-state index >= 15 is 0 Å². The average molecular weight is 367 g/mol. The van der Waals surface area contributed by atoms with E-state index in [1.165, 1.54) is 0 Å². The zero-order valence-electron chi connectivity index (χ0n) is 15.1. The molecule has 2 aliphatic heterocycles. The van der Waals surface area contributed by atoms with E-state index in [1.807, 2.05) is 30.3 Å². The van der Waals surface area contributed by atoms with Crippen LogP contribution in [0.4, 0.5) is 0 Å². The van der Waals surface area contributed by atoms with Crippen molar-refractivity contribution in [2.45, 2.75) is 38.7 Å². The Hall–Kier alpha value is -2.86. The van der Waals surface area contributed by atoms with Crippen LogP contribution in [0.15, 0.2) is 42.5 Å². The number of esters is 1. The number of para-hydroxylation sites is 1. The highest BCUT2D eigenvalue weighted by Crippen LogP contribution is 2.31. The van der Waals surface area contributed by atoms with Gasteiger partial charge in [0.05, 0.1) is 31.4 Å². The van der Waals surface area contributed by atoms with Crippen molar-refractivity contribution in [1.29, 1.82) is 0 Å². The second kappa shape index (κ2) is 7.40. The fourth-order valence-electron chi connectivity index (χ4n) is 3.36. The van der Waals surface area contributed by atoms with Gasteiger partial charge in [0, 0.05) is 12.0 Å². The maximum Gasteiger partial charge on any atom is 0.338 e. The summed E-state index contributed by atoms with van der Waals surface area (Å²) in [4.78, 5) is 24.9. The third-order valence-electron chi connectivity index (χ3n) is 4.89. The molecule has 2 aliphatic rings. The maximum atomic E-state index is 12.5. The van der Waals surface area contributed by atoms with Gasteiger partial charge in [0.25, 0.3) is 5.91 Å². The molecule has 4 rings (SSSR count). The first-order valence-corrected chi connectivity index (χ1v) is 9.04. The van der Waals surface area contributed by atoms with Crippen molar-refractivity contribution in [3.05, 3.63) is 64.7 Å². The van der Waals surface area contributed by atoms with Crippen molar-refractivity contribution in [3.8, 4) is 5.75 Å². The smallest absolute Gasteiger partial charge is 0.338 e. The van der Waals surface area contributed by atoms with E-state index in [4.69, 9.17) is 14.2 Å². The van der Waals surface area contributed by atoms with Crippen LogP contribution in [-0.2, 0) is 27.5 Å². The average Bonchev–Trinajstić information content (AvgIpc) is 3.16. The molecule has 2 heterocycles. The first-order valence-electron chi connectivity index (χ1n) is 9.04. The van der Waals surface area contributed by atoms with Gasteiger partial charge in [-0.1, -0.05) is 24.3 Å². The van der Waals surface area contributed by atoms with Crippen LogP contribution in [0.25, 0.3) is 0 Å². The standard InChI is InChI=1S/C21H21NO5/c1-13(27-21(24)14-6-7-15-11-25-12-16(15)10-14)20(23)22-18-8-9-26-19-5-3-2-4-17(18)19/h2-7,10,13,18H,8-9,11-12H2,1H3,(H,22,23)/t13-,18+/m1/s1. The fraction of sp³-hybridized carbons (Fsp3) is 0.333. The molecule has 0 unspecified atom stereocenters. The lowest BCUT2D eigenvalue weighted by Gasteiger charge is -2.27. The predicted octanol–water partition coefficient (Wildman–Crippen LogP) is 2.90. The predicted molar refractivity (Wildman–Crippen MR) is 97.3 cm³/mol. The first-order chi connectivity index (χ1) is 13.1. The number of carbonyl (C=O) groups excluding carboxylic acids is 2. The van der Waals surface area contributed by atoms with Crippen LogP contribution >= 0.6 is 0 Å². The lowest BCUT2D eigenvalue weighted by molar-refractivity contribution is -0.130. The molecule has 0 radical (unpaired) electrons. The van der Waals surface area contributed by atoms with E-state index in [0.717, 1.165) is 22.4 Å². The van der Waals surface area contributed by atoms with Crippen molar-refractivity contribution in [1.82, 2.24) is 5.32 Å². The summed E-state index contributed by atoms with van der Waals surface area (Å²) in [7, 11) is 0. The second-order valence-electron chi connectivity index (χ2n) is 6.76. The van der Waals surface area contributed by atoms with E-state index in [1.54, 1.807) is 19.1 Å². The number of nitrogens with one attached hydrogen (secondary N) is 1. The van der Waals surface area contributed by atoms with Gasteiger partial charge in [-0.05, 0) is 36.2 Å². The summed E-state index contributed by atoms with van der Waals surface area (Å²) in [5, 5.41) is 2.96. The molecule has 140 valence electrons. The Labute approximate surface area is 157 Å². The molecule has 0 fully saturated rings. The largest absolute Gasteiger partial charge is 0.493 e. The number of fused-ring (bicyclic) bond motifs is 2. The van der Waals surface area contributed by atoms with E-state index in [-0.39, 0.29) is 11.9 Å². The molecule has 1 amide bonds. The molecule has 1 N–H and O–H groups in total. The summed E-state index contributed by atoms with van der Waals surface area (Å²) in [6.07, 6.45) is -0.217. The Bertz CT molecular complexity index is 879. The Morgan fingerprint density at radius 3 is 2.85 bits per heavy atom. The molecule has 27 heavy (non-hydrogen) atoms. The van der Waals surface area contributed by atoms with E-state index in [0.29, 0.717) is 31.8 Å². The molecule has 2 aromatic carbocycles.